The molecule has 0 saturated carbocycles. The van der Waals surface area contributed by atoms with Gasteiger partial charge in [-0.15, -0.1) is 0 Å². The first kappa shape index (κ1) is 20.5. The first-order valence-electron chi connectivity index (χ1n) is 9.68. The summed E-state index contributed by atoms with van der Waals surface area (Å²) < 4.78 is 11.1. The van der Waals surface area contributed by atoms with Gasteiger partial charge in [0.2, 0.25) is 5.91 Å². The van der Waals surface area contributed by atoms with Gasteiger partial charge in [0.25, 0.3) is 0 Å². The predicted octanol–water partition coefficient (Wildman–Crippen LogP) is 3.99. The van der Waals surface area contributed by atoms with E-state index in [1.54, 1.807) is 6.92 Å². The summed E-state index contributed by atoms with van der Waals surface area (Å²) in [5.41, 5.74) is 1.60. The molecule has 2 N–H and O–H groups in total. The van der Waals surface area contributed by atoms with E-state index in [1.807, 2.05) is 61.5 Å². The first-order chi connectivity index (χ1) is 14.0. The number of nitrogens with one attached hydrogen (secondary N) is 1. The second kappa shape index (κ2) is 9.28. The van der Waals surface area contributed by atoms with Crippen LogP contribution in [-0.2, 0) is 16.0 Å². The maximum atomic E-state index is 12.5. The Balaban J connectivity index is 1.60. The molecule has 3 aromatic rings. The molecule has 0 fully saturated rings. The topological polar surface area (TPSA) is 88.8 Å². The van der Waals surface area contributed by atoms with E-state index >= 15 is 0 Å². The Morgan fingerprint density at radius 2 is 1.86 bits per heavy atom. The van der Waals surface area contributed by atoms with Gasteiger partial charge < -0.3 is 19.6 Å². The summed E-state index contributed by atoms with van der Waals surface area (Å²) in [6, 6.07) is 16.7. The summed E-state index contributed by atoms with van der Waals surface area (Å²) >= 11 is 0. The smallest absolute Gasteiger partial charge is 0.308 e. The predicted molar refractivity (Wildman–Crippen MR) is 110 cm³/mol. The van der Waals surface area contributed by atoms with Crippen molar-refractivity contribution < 1.29 is 23.8 Å². The molecule has 6 nitrogen and oxygen atoms in total. The average Bonchev–Trinajstić information content (AvgIpc) is 3.15. The Morgan fingerprint density at radius 1 is 1.14 bits per heavy atom. The highest BCUT2D eigenvalue weighted by atomic mass is 16.5. The molecule has 0 radical (unpaired) electrons. The lowest BCUT2D eigenvalue weighted by molar-refractivity contribution is -0.141. The molecule has 1 amide bonds. The van der Waals surface area contributed by atoms with Crippen LogP contribution in [0.15, 0.2) is 59.0 Å². The van der Waals surface area contributed by atoms with Gasteiger partial charge in [0.15, 0.2) is 0 Å². The third-order valence-electron chi connectivity index (χ3n) is 4.85. The van der Waals surface area contributed by atoms with Crippen LogP contribution in [0.1, 0.15) is 31.1 Å². The third-order valence-corrected chi connectivity index (χ3v) is 4.85. The molecular formula is C23H25NO5. The number of para-hydroxylation sites is 1. The molecule has 0 bridgehead atoms. The largest absolute Gasteiger partial charge is 0.494 e. The summed E-state index contributed by atoms with van der Waals surface area (Å²) in [5.74, 6) is -1.14. The average molecular weight is 395 g/mol. The molecule has 2 unspecified atom stereocenters. The van der Waals surface area contributed by atoms with Crippen LogP contribution in [0.2, 0.25) is 0 Å². The van der Waals surface area contributed by atoms with Crippen molar-refractivity contribution in [1.82, 2.24) is 5.32 Å². The Bertz CT molecular complexity index is 943. The number of furan rings is 1. The summed E-state index contributed by atoms with van der Waals surface area (Å²) in [6.45, 7) is 4.27. The molecule has 2 aromatic carbocycles. The molecule has 152 valence electrons. The minimum Gasteiger partial charge on any atom is -0.494 e. The van der Waals surface area contributed by atoms with Gasteiger partial charge in [0.05, 0.1) is 18.4 Å². The number of hydrogen-bond acceptors (Lipinski definition) is 4. The van der Waals surface area contributed by atoms with E-state index in [0.717, 1.165) is 22.3 Å². The van der Waals surface area contributed by atoms with Crippen molar-refractivity contribution in [3.8, 4) is 5.75 Å². The molecule has 29 heavy (non-hydrogen) atoms. The monoisotopic (exact) mass is 395 g/mol. The number of carboxylic acids is 1. The third kappa shape index (κ3) is 5.16. The Morgan fingerprint density at radius 3 is 2.52 bits per heavy atom. The summed E-state index contributed by atoms with van der Waals surface area (Å²) in [5, 5.41) is 13.2. The van der Waals surface area contributed by atoms with E-state index in [2.05, 4.69) is 5.32 Å². The number of hydrogen-bond donors (Lipinski definition) is 2. The van der Waals surface area contributed by atoms with Crippen molar-refractivity contribution >= 4 is 22.8 Å². The molecule has 0 spiro atoms. The summed E-state index contributed by atoms with van der Waals surface area (Å²) in [6.07, 6.45) is 0.320. The van der Waals surface area contributed by atoms with E-state index in [4.69, 9.17) is 9.15 Å². The number of aliphatic carboxylic acids is 1. The zero-order valence-corrected chi connectivity index (χ0v) is 16.6. The number of amides is 1. The zero-order valence-electron chi connectivity index (χ0n) is 16.6. The fourth-order valence-electron chi connectivity index (χ4n) is 3.14. The Kier molecular flexibility index (Phi) is 6.54. The van der Waals surface area contributed by atoms with Gasteiger partial charge in [-0.3, -0.25) is 9.59 Å². The molecule has 2 atom stereocenters. The van der Waals surface area contributed by atoms with Gasteiger partial charge in [-0.05, 0) is 50.1 Å². The van der Waals surface area contributed by atoms with Crippen LogP contribution in [-0.4, -0.2) is 30.1 Å². The quantitative estimate of drug-likeness (QED) is 0.572. The number of carboxylic acid groups (broad SMARTS) is 1. The van der Waals surface area contributed by atoms with E-state index in [9.17, 15) is 14.7 Å². The number of fused-ring (bicyclic) bond motifs is 1. The highest BCUT2D eigenvalue weighted by Crippen LogP contribution is 2.25. The van der Waals surface area contributed by atoms with E-state index < -0.39 is 17.8 Å². The van der Waals surface area contributed by atoms with Crippen molar-refractivity contribution in [2.24, 2.45) is 5.92 Å². The first-order valence-corrected chi connectivity index (χ1v) is 9.68. The molecule has 0 saturated heterocycles. The summed E-state index contributed by atoms with van der Waals surface area (Å²) in [4.78, 5) is 24.2. The van der Waals surface area contributed by atoms with Gasteiger partial charge >= 0.3 is 5.97 Å². The molecule has 0 aliphatic heterocycles. The van der Waals surface area contributed by atoms with Crippen molar-refractivity contribution in [2.45, 2.75) is 26.2 Å². The number of carbonyl (C=O) groups is 2. The molecule has 3 rings (SSSR count). The highest BCUT2D eigenvalue weighted by Gasteiger charge is 2.23. The second-order valence-corrected chi connectivity index (χ2v) is 6.97. The van der Waals surface area contributed by atoms with Crippen LogP contribution in [0.3, 0.4) is 0 Å². The summed E-state index contributed by atoms with van der Waals surface area (Å²) in [7, 11) is 0. The molecule has 6 heteroatoms. The number of ether oxygens (including phenoxy) is 1. The molecule has 1 aromatic heterocycles. The molecular weight excluding hydrogens is 370 g/mol. The van der Waals surface area contributed by atoms with Gasteiger partial charge in [-0.2, -0.15) is 0 Å². The van der Waals surface area contributed by atoms with Crippen molar-refractivity contribution in [3.05, 3.63) is 65.9 Å². The van der Waals surface area contributed by atoms with Crippen LogP contribution in [0.4, 0.5) is 0 Å². The zero-order chi connectivity index (χ0) is 20.8. The fraction of sp³-hybridized carbons (Fsp3) is 0.304. The van der Waals surface area contributed by atoms with Crippen molar-refractivity contribution in [2.75, 3.05) is 13.2 Å². The number of carbonyl (C=O) groups excluding carboxylic acids is 1. The highest BCUT2D eigenvalue weighted by molar-refractivity contribution is 5.85. The van der Waals surface area contributed by atoms with Gasteiger partial charge in [-0.1, -0.05) is 30.3 Å². The van der Waals surface area contributed by atoms with Gasteiger partial charge in [-0.25, -0.2) is 0 Å². The van der Waals surface area contributed by atoms with E-state index in [-0.39, 0.29) is 12.5 Å². The SMILES string of the molecule is CCOc1ccc(CC(CNC(=O)C(C)c2cc3ccccc3o2)C(=O)O)cc1. The lowest BCUT2D eigenvalue weighted by Crippen LogP contribution is -2.36. The standard InChI is InChI=1S/C23H25NO5/c1-3-28-19-10-8-16(9-11-19)12-18(23(26)27)14-24-22(25)15(2)21-13-17-6-4-5-7-20(17)29-21/h4-11,13,15,18H,3,12,14H2,1-2H3,(H,24,25)(H,26,27). The number of rotatable bonds is 9. The van der Waals surface area contributed by atoms with Crippen molar-refractivity contribution in [3.63, 3.8) is 0 Å². The van der Waals surface area contributed by atoms with Gasteiger partial charge in [0, 0.05) is 11.9 Å². The molecule has 0 aliphatic carbocycles. The molecule has 0 aliphatic rings. The maximum Gasteiger partial charge on any atom is 0.308 e. The van der Waals surface area contributed by atoms with Crippen molar-refractivity contribution in [1.29, 1.82) is 0 Å². The van der Waals surface area contributed by atoms with Crippen LogP contribution < -0.4 is 10.1 Å². The van der Waals surface area contributed by atoms with Crippen LogP contribution in [0.25, 0.3) is 11.0 Å². The lowest BCUT2D eigenvalue weighted by atomic mass is 9.98. The number of benzene rings is 2. The maximum absolute atomic E-state index is 12.5. The van der Waals surface area contributed by atoms with Crippen LogP contribution in [0.5, 0.6) is 5.75 Å². The Hall–Kier alpha value is -3.28. The molecule has 1 heterocycles. The van der Waals surface area contributed by atoms with Crippen LogP contribution in [0, 0.1) is 5.92 Å². The minimum atomic E-state index is -0.949. The second-order valence-electron chi connectivity index (χ2n) is 6.97. The lowest BCUT2D eigenvalue weighted by Gasteiger charge is -2.16. The normalized spacial score (nSPS) is 13.0. The van der Waals surface area contributed by atoms with Crippen LogP contribution >= 0.6 is 0 Å². The van der Waals surface area contributed by atoms with E-state index in [0.29, 0.717) is 18.8 Å². The fourth-order valence-corrected chi connectivity index (χ4v) is 3.14. The minimum absolute atomic E-state index is 0.0476. The van der Waals surface area contributed by atoms with Gasteiger partial charge in [0.1, 0.15) is 17.1 Å². The van der Waals surface area contributed by atoms with E-state index in [1.165, 1.54) is 0 Å². The Labute approximate surface area is 169 Å².